The number of alkyl halides is 15. The van der Waals surface area contributed by atoms with Gasteiger partial charge in [-0.15, -0.1) is 0 Å². The Morgan fingerprint density at radius 1 is 0.781 bits per heavy atom. The van der Waals surface area contributed by atoms with E-state index in [0.29, 0.717) is 0 Å². The topological polar surface area (TPSA) is 46.5 Å². The number of rotatable bonds is 8. The Morgan fingerprint density at radius 2 is 1.16 bits per heavy atom. The van der Waals surface area contributed by atoms with Crippen LogP contribution in [0, 0.1) is 0 Å². The molecule has 1 N–H and O–H groups in total. The van der Waals surface area contributed by atoms with Crippen molar-refractivity contribution in [2.45, 2.75) is 61.2 Å². The van der Waals surface area contributed by atoms with E-state index in [1.165, 1.54) is 0 Å². The van der Waals surface area contributed by atoms with Crippen molar-refractivity contribution in [2.24, 2.45) is 0 Å². The molecule has 32 heavy (non-hydrogen) atoms. The summed E-state index contributed by atoms with van der Waals surface area (Å²) in [6.07, 6.45) is -28.8. The second-order valence-corrected chi connectivity index (χ2v) is 6.33. The first-order valence-corrected chi connectivity index (χ1v) is 7.59. The largest absolute Gasteiger partial charge is 0.460 e. The van der Waals surface area contributed by atoms with Gasteiger partial charge >= 0.3 is 42.0 Å². The standard InChI is InChI=1S/C14H11F15O3/c1-5(7(31)32-4-6(2)30)3-8(15,11(19,20)14(27,28)29)10(17,18)9(16,12(21,22)23)13(24,25)26/h6,30H,1,3-4H2,2H3. The molecule has 0 saturated heterocycles. The fraction of sp³-hybridized carbons (Fsp3) is 0.786. The van der Waals surface area contributed by atoms with Gasteiger partial charge in [0.05, 0.1) is 6.10 Å². The molecule has 0 aliphatic heterocycles. The first-order valence-electron chi connectivity index (χ1n) is 7.59. The summed E-state index contributed by atoms with van der Waals surface area (Å²) in [7, 11) is 0. The molecule has 190 valence electrons. The van der Waals surface area contributed by atoms with Crippen molar-refractivity contribution in [3.05, 3.63) is 12.2 Å². The van der Waals surface area contributed by atoms with Crippen LogP contribution in [0.2, 0.25) is 0 Å². The number of hydrogen-bond donors (Lipinski definition) is 1. The summed E-state index contributed by atoms with van der Waals surface area (Å²) in [5.74, 6) is -18.4. The highest BCUT2D eigenvalue weighted by Crippen LogP contribution is 2.64. The Kier molecular flexibility index (Phi) is 7.98. The van der Waals surface area contributed by atoms with Crippen LogP contribution in [0.5, 0.6) is 0 Å². The molecule has 0 aromatic rings. The molecule has 0 aromatic heterocycles. The maximum absolute atomic E-state index is 14.6. The zero-order chi connectivity index (χ0) is 26.4. The van der Waals surface area contributed by atoms with Gasteiger partial charge in [-0.1, -0.05) is 6.58 Å². The Balaban J connectivity index is 6.98. The third-order valence-electron chi connectivity index (χ3n) is 3.77. The lowest BCUT2D eigenvalue weighted by Gasteiger charge is -2.46. The molecule has 0 spiro atoms. The number of carbonyl (C=O) groups is 1. The molecule has 2 unspecified atom stereocenters. The summed E-state index contributed by atoms with van der Waals surface area (Å²) < 4.78 is 201. The molecule has 0 aliphatic rings. The molecule has 3 nitrogen and oxygen atoms in total. The van der Waals surface area contributed by atoms with Crippen molar-refractivity contribution in [3.8, 4) is 0 Å². The van der Waals surface area contributed by atoms with Crippen molar-refractivity contribution in [2.75, 3.05) is 6.61 Å². The summed E-state index contributed by atoms with van der Waals surface area (Å²) in [5.41, 5.74) is -17.9. The number of aliphatic hydroxyl groups is 1. The van der Waals surface area contributed by atoms with E-state index in [0.717, 1.165) is 6.92 Å². The van der Waals surface area contributed by atoms with Gasteiger partial charge in [0, 0.05) is 12.0 Å². The van der Waals surface area contributed by atoms with Gasteiger partial charge < -0.3 is 9.84 Å². The van der Waals surface area contributed by atoms with Gasteiger partial charge in [-0.05, 0) is 6.92 Å². The van der Waals surface area contributed by atoms with E-state index in [1.54, 1.807) is 0 Å². The second kappa shape index (κ2) is 8.48. The summed E-state index contributed by atoms with van der Waals surface area (Å²) in [6, 6.07) is 0. The minimum atomic E-state index is -8.28. The SMILES string of the molecule is C=C(CC(F)(C(F)(F)C(F)(F)F)C(F)(F)C(F)(C(F)(F)F)C(F)(F)F)C(=O)OCC(C)O. The first-order chi connectivity index (χ1) is 13.7. The van der Waals surface area contributed by atoms with E-state index < -0.39 is 72.4 Å². The van der Waals surface area contributed by atoms with Crippen molar-refractivity contribution in [3.63, 3.8) is 0 Å². The van der Waals surface area contributed by atoms with Crippen LogP contribution in [-0.2, 0) is 9.53 Å². The average Bonchev–Trinajstić information content (AvgIpc) is 2.54. The predicted octanol–water partition coefficient (Wildman–Crippen LogP) is 5.23. The highest BCUT2D eigenvalue weighted by atomic mass is 19.4. The zero-order valence-electron chi connectivity index (χ0n) is 15.1. The van der Waals surface area contributed by atoms with Crippen molar-refractivity contribution < 1.29 is 80.5 Å². The van der Waals surface area contributed by atoms with E-state index in [1.807, 2.05) is 0 Å². The number of ether oxygens (including phenoxy) is 1. The zero-order valence-corrected chi connectivity index (χ0v) is 15.1. The van der Waals surface area contributed by atoms with E-state index >= 15 is 0 Å². The van der Waals surface area contributed by atoms with E-state index in [2.05, 4.69) is 11.3 Å². The van der Waals surface area contributed by atoms with Crippen molar-refractivity contribution >= 4 is 5.97 Å². The van der Waals surface area contributed by atoms with Crippen LogP contribution in [0.1, 0.15) is 13.3 Å². The van der Waals surface area contributed by atoms with Crippen LogP contribution in [0.4, 0.5) is 65.9 Å². The molecule has 0 radical (unpaired) electrons. The summed E-state index contributed by atoms with van der Waals surface area (Å²) >= 11 is 0. The predicted molar refractivity (Wildman–Crippen MR) is 72.1 cm³/mol. The Hall–Kier alpha value is -1.88. The number of aliphatic hydroxyl groups excluding tert-OH is 1. The molecule has 0 aromatic carbocycles. The molecule has 0 fully saturated rings. The van der Waals surface area contributed by atoms with Crippen LogP contribution >= 0.6 is 0 Å². The van der Waals surface area contributed by atoms with Gasteiger partial charge in [-0.25, -0.2) is 13.6 Å². The second-order valence-electron chi connectivity index (χ2n) is 6.33. The van der Waals surface area contributed by atoms with Crippen LogP contribution in [-0.4, -0.2) is 65.5 Å². The van der Waals surface area contributed by atoms with Gasteiger partial charge in [0.15, 0.2) is 0 Å². The number of hydrogen-bond acceptors (Lipinski definition) is 3. The number of esters is 1. The van der Waals surface area contributed by atoms with Crippen molar-refractivity contribution in [1.82, 2.24) is 0 Å². The van der Waals surface area contributed by atoms with E-state index in [9.17, 15) is 70.7 Å². The third-order valence-corrected chi connectivity index (χ3v) is 3.77. The molecule has 0 bridgehead atoms. The lowest BCUT2D eigenvalue weighted by molar-refractivity contribution is -0.443. The maximum Gasteiger partial charge on any atom is 0.457 e. The molecule has 0 aliphatic carbocycles. The number of carbonyl (C=O) groups excluding carboxylic acids is 1. The minimum Gasteiger partial charge on any atom is -0.460 e. The van der Waals surface area contributed by atoms with Crippen molar-refractivity contribution in [1.29, 1.82) is 0 Å². The molecule has 2 atom stereocenters. The lowest BCUT2D eigenvalue weighted by atomic mass is 9.75. The fourth-order valence-corrected chi connectivity index (χ4v) is 2.10. The van der Waals surface area contributed by atoms with Crippen LogP contribution in [0.25, 0.3) is 0 Å². The Labute approximate surface area is 167 Å². The fourth-order valence-electron chi connectivity index (χ4n) is 2.10. The van der Waals surface area contributed by atoms with E-state index in [4.69, 9.17) is 5.11 Å². The normalized spacial score (nSPS) is 17.5. The third kappa shape index (κ3) is 4.73. The summed E-state index contributed by atoms with van der Waals surface area (Å²) in [6.45, 7) is 1.91. The molecular formula is C14H11F15O3. The van der Waals surface area contributed by atoms with Crippen LogP contribution < -0.4 is 0 Å². The smallest absolute Gasteiger partial charge is 0.457 e. The highest BCUT2D eigenvalue weighted by molar-refractivity contribution is 5.88. The van der Waals surface area contributed by atoms with Crippen LogP contribution in [0.3, 0.4) is 0 Å². The lowest BCUT2D eigenvalue weighted by Crippen LogP contribution is -2.76. The number of halogens is 15. The average molecular weight is 512 g/mol. The van der Waals surface area contributed by atoms with Gasteiger partial charge in [0.25, 0.3) is 5.67 Å². The van der Waals surface area contributed by atoms with Gasteiger partial charge in [-0.3, -0.25) is 0 Å². The quantitative estimate of drug-likeness (QED) is 0.275. The maximum atomic E-state index is 14.6. The Morgan fingerprint density at radius 3 is 1.44 bits per heavy atom. The van der Waals surface area contributed by atoms with Gasteiger partial charge in [0.1, 0.15) is 6.61 Å². The monoisotopic (exact) mass is 512 g/mol. The molecule has 0 rings (SSSR count). The van der Waals surface area contributed by atoms with Gasteiger partial charge in [-0.2, -0.15) is 57.1 Å². The molecule has 0 heterocycles. The molecule has 18 heteroatoms. The molecular weight excluding hydrogens is 501 g/mol. The molecule has 0 saturated carbocycles. The van der Waals surface area contributed by atoms with Crippen LogP contribution in [0.15, 0.2) is 12.2 Å². The summed E-state index contributed by atoms with van der Waals surface area (Å²) in [4.78, 5) is 11.4. The minimum absolute atomic E-state index is 0.853. The highest BCUT2D eigenvalue weighted by Gasteiger charge is 2.94. The first kappa shape index (κ1) is 30.1. The van der Waals surface area contributed by atoms with E-state index in [-0.39, 0.29) is 0 Å². The summed E-state index contributed by atoms with van der Waals surface area (Å²) in [5, 5.41) is 8.80. The van der Waals surface area contributed by atoms with Gasteiger partial charge in [0.2, 0.25) is 0 Å². The Bertz CT molecular complexity index is 690. The molecule has 0 amide bonds.